The molecule has 150 valence electrons. The van der Waals surface area contributed by atoms with Crippen molar-refractivity contribution in [2.75, 3.05) is 13.2 Å². The second-order valence-electron chi connectivity index (χ2n) is 7.63. The van der Waals surface area contributed by atoms with Crippen molar-refractivity contribution in [3.63, 3.8) is 0 Å². The van der Waals surface area contributed by atoms with Gasteiger partial charge in [-0.1, -0.05) is 83.3 Å². The normalized spacial score (nSPS) is 19.6. The third-order valence-electron chi connectivity index (χ3n) is 5.27. The number of hydrogen-bond acceptors (Lipinski definition) is 4. The molecule has 0 N–H and O–H groups in total. The van der Waals surface area contributed by atoms with Gasteiger partial charge < -0.3 is 9.47 Å². The van der Waals surface area contributed by atoms with E-state index in [1.54, 1.807) is 0 Å². The van der Waals surface area contributed by atoms with Gasteiger partial charge in [0.1, 0.15) is 0 Å². The summed E-state index contributed by atoms with van der Waals surface area (Å²) in [6, 6.07) is 7.80. The van der Waals surface area contributed by atoms with E-state index in [4.69, 9.17) is 9.47 Å². The fraction of sp³-hybridized carbons (Fsp3) is 0.696. The lowest BCUT2D eigenvalue weighted by Gasteiger charge is -2.29. The molecular weight excluding hydrogens is 354 g/mol. The number of unbranched alkanes of at least 4 members (excludes halogenated alkanes) is 9. The van der Waals surface area contributed by atoms with Crippen LogP contribution in [0.15, 0.2) is 29.3 Å². The van der Waals surface area contributed by atoms with Gasteiger partial charge in [-0.2, -0.15) is 4.99 Å². The molecule has 0 saturated carbocycles. The first-order valence-corrected chi connectivity index (χ1v) is 11.2. The van der Waals surface area contributed by atoms with Crippen molar-refractivity contribution in [2.45, 2.75) is 83.8 Å². The third-order valence-corrected chi connectivity index (χ3v) is 5.36. The van der Waals surface area contributed by atoms with Gasteiger partial charge in [0.15, 0.2) is 6.29 Å². The fourth-order valence-electron chi connectivity index (χ4n) is 3.58. The number of nitrogens with zero attached hydrogens (tertiary/aromatic N) is 1. The van der Waals surface area contributed by atoms with Crippen LogP contribution in [-0.2, 0) is 9.47 Å². The molecule has 3 nitrogen and oxygen atoms in total. The highest BCUT2D eigenvalue weighted by molar-refractivity contribution is 7.78. The Hall–Kier alpha value is -1.06. The van der Waals surface area contributed by atoms with Gasteiger partial charge in [0, 0.05) is 11.5 Å². The lowest BCUT2D eigenvalue weighted by molar-refractivity contribution is -0.206. The Morgan fingerprint density at radius 1 is 0.889 bits per heavy atom. The topological polar surface area (TPSA) is 30.8 Å². The predicted octanol–water partition coefficient (Wildman–Crippen LogP) is 7.39. The van der Waals surface area contributed by atoms with Gasteiger partial charge in [0.25, 0.3) is 0 Å². The van der Waals surface area contributed by atoms with E-state index >= 15 is 0 Å². The molecule has 1 saturated heterocycles. The summed E-state index contributed by atoms with van der Waals surface area (Å²) in [6.07, 6.45) is 14.8. The first-order valence-electron chi connectivity index (χ1n) is 10.7. The van der Waals surface area contributed by atoms with Crippen LogP contribution in [0.3, 0.4) is 0 Å². The second-order valence-corrected chi connectivity index (χ2v) is 7.81. The van der Waals surface area contributed by atoms with Crippen LogP contribution >= 0.6 is 12.2 Å². The molecule has 1 aliphatic heterocycles. The van der Waals surface area contributed by atoms with E-state index in [-0.39, 0.29) is 6.29 Å². The second kappa shape index (κ2) is 14.0. The molecule has 0 amide bonds. The van der Waals surface area contributed by atoms with Gasteiger partial charge in [-0.25, -0.2) is 0 Å². The lowest BCUT2D eigenvalue weighted by Crippen LogP contribution is -2.27. The van der Waals surface area contributed by atoms with Gasteiger partial charge in [0.05, 0.1) is 24.1 Å². The summed E-state index contributed by atoms with van der Waals surface area (Å²) in [5.74, 6) is 0.536. The summed E-state index contributed by atoms with van der Waals surface area (Å²) in [6.45, 7) is 3.86. The Kier molecular flexibility index (Phi) is 11.5. The van der Waals surface area contributed by atoms with Gasteiger partial charge >= 0.3 is 0 Å². The summed E-state index contributed by atoms with van der Waals surface area (Å²) >= 11 is 4.62. The van der Waals surface area contributed by atoms with Crippen LogP contribution in [0.2, 0.25) is 0 Å². The molecule has 1 heterocycles. The van der Waals surface area contributed by atoms with Crippen LogP contribution in [0.1, 0.15) is 89.4 Å². The van der Waals surface area contributed by atoms with Gasteiger partial charge in [-0.15, -0.1) is 0 Å². The largest absolute Gasteiger partial charge is 0.348 e. The molecular formula is C23H35NO2S. The van der Waals surface area contributed by atoms with Gasteiger partial charge in [0.2, 0.25) is 0 Å². The van der Waals surface area contributed by atoms with Crippen LogP contribution in [0.25, 0.3) is 0 Å². The molecule has 2 rings (SSSR count). The van der Waals surface area contributed by atoms with E-state index < -0.39 is 0 Å². The Morgan fingerprint density at radius 3 is 2.00 bits per heavy atom. The molecule has 0 unspecified atom stereocenters. The van der Waals surface area contributed by atoms with Crippen LogP contribution in [0.5, 0.6) is 0 Å². The minimum Gasteiger partial charge on any atom is -0.348 e. The molecule has 0 aromatic heterocycles. The van der Waals surface area contributed by atoms with E-state index in [1.165, 1.54) is 70.6 Å². The van der Waals surface area contributed by atoms with Crippen LogP contribution in [0, 0.1) is 5.92 Å². The number of hydrogen-bond donors (Lipinski definition) is 0. The maximum Gasteiger partial charge on any atom is 0.183 e. The maximum atomic E-state index is 5.93. The van der Waals surface area contributed by atoms with E-state index in [1.807, 2.05) is 24.3 Å². The Morgan fingerprint density at radius 2 is 1.44 bits per heavy atom. The molecule has 1 aliphatic rings. The number of rotatable bonds is 13. The zero-order valence-corrected chi connectivity index (χ0v) is 17.6. The Balaban J connectivity index is 1.50. The molecule has 27 heavy (non-hydrogen) atoms. The number of aliphatic imine (C=N–C) groups is 1. The van der Waals surface area contributed by atoms with E-state index in [0.29, 0.717) is 5.92 Å². The van der Waals surface area contributed by atoms with Crippen molar-refractivity contribution in [2.24, 2.45) is 10.9 Å². The molecule has 1 aromatic carbocycles. The van der Waals surface area contributed by atoms with Crippen molar-refractivity contribution < 1.29 is 9.47 Å². The van der Waals surface area contributed by atoms with Crippen LogP contribution in [0.4, 0.5) is 5.69 Å². The highest BCUT2D eigenvalue weighted by Gasteiger charge is 2.23. The first kappa shape index (κ1) is 22.2. The molecule has 4 heteroatoms. The summed E-state index contributed by atoms with van der Waals surface area (Å²) in [4.78, 5) is 3.97. The number of benzene rings is 1. The smallest absolute Gasteiger partial charge is 0.183 e. The number of isothiocyanates is 1. The summed E-state index contributed by atoms with van der Waals surface area (Å²) in [5, 5.41) is 2.38. The van der Waals surface area contributed by atoms with Crippen molar-refractivity contribution >= 4 is 23.1 Å². The van der Waals surface area contributed by atoms with Gasteiger partial charge in [-0.05, 0) is 30.8 Å². The molecule has 1 aromatic rings. The average molecular weight is 390 g/mol. The predicted molar refractivity (Wildman–Crippen MR) is 116 cm³/mol. The molecule has 0 spiro atoms. The Labute approximate surface area is 170 Å². The lowest BCUT2D eigenvalue weighted by atomic mass is 10.0. The van der Waals surface area contributed by atoms with Crippen LogP contribution < -0.4 is 0 Å². The molecule has 0 radical (unpaired) electrons. The Bertz CT molecular complexity index is 546. The van der Waals surface area contributed by atoms with Crippen LogP contribution in [-0.4, -0.2) is 18.4 Å². The molecule has 0 bridgehead atoms. The maximum absolute atomic E-state index is 5.93. The summed E-state index contributed by atoms with van der Waals surface area (Å²) < 4.78 is 11.9. The quantitative estimate of drug-likeness (QED) is 0.200. The van der Waals surface area contributed by atoms with E-state index in [0.717, 1.165) is 24.5 Å². The van der Waals surface area contributed by atoms with Gasteiger partial charge in [-0.3, -0.25) is 0 Å². The number of thiocarbonyl (C=S) groups is 1. The highest BCUT2D eigenvalue weighted by Crippen LogP contribution is 2.28. The van der Waals surface area contributed by atoms with Crippen molar-refractivity contribution in [3.05, 3.63) is 29.8 Å². The highest BCUT2D eigenvalue weighted by atomic mass is 32.1. The SMILES string of the molecule is CCCCCCCCCCCCC1COC(c2ccc(N=C=S)cc2)OC1. The summed E-state index contributed by atoms with van der Waals surface area (Å²) in [7, 11) is 0. The van der Waals surface area contributed by atoms with Crippen molar-refractivity contribution in [1.82, 2.24) is 0 Å². The first-order chi connectivity index (χ1) is 13.3. The minimum absolute atomic E-state index is 0.250. The molecule has 1 fully saturated rings. The van der Waals surface area contributed by atoms with Crippen molar-refractivity contribution in [1.29, 1.82) is 0 Å². The molecule has 0 atom stereocenters. The van der Waals surface area contributed by atoms with E-state index in [2.05, 4.69) is 29.3 Å². The zero-order chi connectivity index (χ0) is 19.2. The minimum atomic E-state index is -0.250. The molecule has 0 aliphatic carbocycles. The average Bonchev–Trinajstić information content (AvgIpc) is 2.71. The zero-order valence-electron chi connectivity index (χ0n) is 16.8. The third kappa shape index (κ3) is 9.12. The number of ether oxygens (including phenoxy) is 2. The van der Waals surface area contributed by atoms with Crippen molar-refractivity contribution in [3.8, 4) is 0 Å². The standard InChI is InChI=1S/C23H35NO2S/c1-2-3-4-5-6-7-8-9-10-11-12-20-17-25-23(26-18-20)21-13-15-22(16-14-21)24-19-27/h13-16,20,23H,2-12,17-18H2,1H3. The fourth-order valence-corrected chi connectivity index (χ4v) is 3.69. The summed E-state index contributed by atoms with van der Waals surface area (Å²) in [5.41, 5.74) is 1.85. The van der Waals surface area contributed by atoms with E-state index in [9.17, 15) is 0 Å². The monoisotopic (exact) mass is 389 g/mol.